The fraction of sp³-hybridized carbons (Fsp3) is 0.417. The van der Waals surface area contributed by atoms with Crippen LogP contribution in [0.3, 0.4) is 0 Å². The van der Waals surface area contributed by atoms with Gasteiger partial charge in [0.15, 0.2) is 11.6 Å². The van der Waals surface area contributed by atoms with E-state index in [9.17, 15) is 0 Å². The molecule has 0 N–H and O–H groups in total. The van der Waals surface area contributed by atoms with Gasteiger partial charge >= 0.3 is 0 Å². The summed E-state index contributed by atoms with van der Waals surface area (Å²) in [6.07, 6.45) is 2.68. The van der Waals surface area contributed by atoms with Crippen LogP contribution >= 0.6 is 0 Å². The van der Waals surface area contributed by atoms with E-state index in [1.165, 1.54) is 0 Å². The SMILES string of the molecule is CCc1nc(-c2ccc(N(C)C)nc2)n(C)n1. The molecule has 5 nitrogen and oxygen atoms in total. The maximum absolute atomic E-state index is 4.47. The summed E-state index contributed by atoms with van der Waals surface area (Å²) >= 11 is 0. The summed E-state index contributed by atoms with van der Waals surface area (Å²) < 4.78 is 1.80. The number of aromatic nitrogens is 4. The molecule has 5 heteroatoms. The summed E-state index contributed by atoms with van der Waals surface area (Å²) in [5, 5.41) is 4.33. The van der Waals surface area contributed by atoms with E-state index in [1.807, 2.05) is 51.3 Å². The fourth-order valence-corrected chi connectivity index (χ4v) is 1.62. The highest BCUT2D eigenvalue weighted by molar-refractivity contribution is 5.56. The molecular formula is C12H17N5. The number of anilines is 1. The minimum absolute atomic E-state index is 0.844. The molecule has 0 unspecified atom stereocenters. The Kier molecular flexibility index (Phi) is 3.08. The molecule has 0 amide bonds. The average molecular weight is 231 g/mol. The van der Waals surface area contributed by atoms with Gasteiger partial charge in [-0.1, -0.05) is 6.92 Å². The van der Waals surface area contributed by atoms with Gasteiger partial charge in [0, 0.05) is 39.3 Å². The highest BCUT2D eigenvalue weighted by Gasteiger charge is 2.08. The van der Waals surface area contributed by atoms with Crippen molar-refractivity contribution in [1.82, 2.24) is 19.7 Å². The van der Waals surface area contributed by atoms with Crippen LogP contribution in [0.1, 0.15) is 12.7 Å². The van der Waals surface area contributed by atoms with Crippen LogP contribution in [0.25, 0.3) is 11.4 Å². The van der Waals surface area contributed by atoms with Gasteiger partial charge in [0.05, 0.1) is 0 Å². The van der Waals surface area contributed by atoms with E-state index in [0.717, 1.165) is 29.5 Å². The fourth-order valence-electron chi connectivity index (χ4n) is 1.62. The molecule has 0 aliphatic rings. The molecule has 0 radical (unpaired) electrons. The standard InChI is InChI=1S/C12H17N5/c1-5-10-14-12(17(4)15-10)9-6-7-11(13-8-9)16(2)3/h6-8H,5H2,1-4H3. The first kappa shape index (κ1) is 11.6. The van der Waals surface area contributed by atoms with Crippen LogP contribution in [0, 0.1) is 0 Å². The maximum atomic E-state index is 4.47. The van der Waals surface area contributed by atoms with Gasteiger partial charge in [0.2, 0.25) is 0 Å². The molecule has 0 aliphatic carbocycles. The normalized spacial score (nSPS) is 10.6. The number of nitrogens with zero attached hydrogens (tertiary/aromatic N) is 5. The van der Waals surface area contributed by atoms with E-state index in [1.54, 1.807) is 4.68 Å². The smallest absolute Gasteiger partial charge is 0.159 e. The van der Waals surface area contributed by atoms with Gasteiger partial charge in [-0.2, -0.15) is 5.10 Å². The third-order valence-electron chi connectivity index (χ3n) is 2.59. The van der Waals surface area contributed by atoms with Gasteiger partial charge in [-0.15, -0.1) is 0 Å². The van der Waals surface area contributed by atoms with E-state index < -0.39 is 0 Å². The molecular weight excluding hydrogens is 214 g/mol. The summed E-state index contributed by atoms with van der Waals surface area (Å²) in [4.78, 5) is 10.8. The Hall–Kier alpha value is -1.91. The van der Waals surface area contributed by atoms with Gasteiger partial charge < -0.3 is 4.90 Å². The van der Waals surface area contributed by atoms with E-state index in [2.05, 4.69) is 15.1 Å². The third kappa shape index (κ3) is 2.27. The summed E-state index contributed by atoms with van der Waals surface area (Å²) in [6.45, 7) is 2.05. The highest BCUT2D eigenvalue weighted by Crippen LogP contribution is 2.18. The van der Waals surface area contributed by atoms with Crippen LogP contribution in [0.5, 0.6) is 0 Å². The lowest BCUT2D eigenvalue weighted by molar-refractivity contribution is 0.752. The molecule has 2 aromatic rings. The van der Waals surface area contributed by atoms with Crippen molar-refractivity contribution in [3.05, 3.63) is 24.2 Å². The van der Waals surface area contributed by atoms with Crippen LogP contribution in [-0.4, -0.2) is 33.8 Å². The molecule has 90 valence electrons. The average Bonchev–Trinajstić information content (AvgIpc) is 2.71. The Balaban J connectivity index is 2.36. The first-order chi connectivity index (χ1) is 8.11. The molecule has 0 spiro atoms. The minimum atomic E-state index is 0.844. The summed E-state index contributed by atoms with van der Waals surface area (Å²) in [5.74, 6) is 2.66. The predicted octanol–water partition coefficient (Wildman–Crippen LogP) is 1.51. The quantitative estimate of drug-likeness (QED) is 0.803. The first-order valence-corrected chi connectivity index (χ1v) is 5.65. The molecule has 17 heavy (non-hydrogen) atoms. The lowest BCUT2D eigenvalue weighted by atomic mass is 10.2. The van der Waals surface area contributed by atoms with Crippen molar-refractivity contribution in [2.24, 2.45) is 7.05 Å². The first-order valence-electron chi connectivity index (χ1n) is 5.65. The van der Waals surface area contributed by atoms with Crippen molar-refractivity contribution < 1.29 is 0 Å². The van der Waals surface area contributed by atoms with E-state index in [4.69, 9.17) is 0 Å². The van der Waals surface area contributed by atoms with Gasteiger partial charge in [-0.3, -0.25) is 0 Å². The zero-order chi connectivity index (χ0) is 12.4. The second-order valence-electron chi connectivity index (χ2n) is 4.13. The van der Waals surface area contributed by atoms with E-state index >= 15 is 0 Å². The van der Waals surface area contributed by atoms with E-state index in [0.29, 0.717) is 0 Å². The van der Waals surface area contributed by atoms with Crippen LogP contribution in [0.4, 0.5) is 5.82 Å². The predicted molar refractivity (Wildman–Crippen MR) is 67.9 cm³/mol. The van der Waals surface area contributed by atoms with Crippen LogP contribution < -0.4 is 4.90 Å². The monoisotopic (exact) mass is 231 g/mol. The van der Waals surface area contributed by atoms with Crippen molar-refractivity contribution >= 4 is 5.82 Å². The third-order valence-corrected chi connectivity index (χ3v) is 2.59. The molecule has 2 rings (SSSR count). The molecule has 0 aromatic carbocycles. The van der Waals surface area contributed by atoms with Gasteiger partial charge in [-0.05, 0) is 12.1 Å². The van der Waals surface area contributed by atoms with Crippen molar-refractivity contribution in [3.63, 3.8) is 0 Å². The van der Waals surface area contributed by atoms with Gasteiger partial charge in [-0.25, -0.2) is 14.6 Å². The minimum Gasteiger partial charge on any atom is -0.363 e. The highest BCUT2D eigenvalue weighted by atomic mass is 15.3. The molecule has 0 fully saturated rings. The number of aryl methyl sites for hydroxylation is 2. The summed E-state index contributed by atoms with van der Waals surface area (Å²) in [5.41, 5.74) is 0.991. The van der Waals surface area contributed by atoms with Crippen LogP contribution in [0.2, 0.25) is 0 Å². The molecule has 0 atom stereocenters. The van der Waals surface area contributed by atoms with Crippen LogP contribution in [0.15, 0.2) is 18.3 Å². The van der Waals surface area contributed by atoms with E-state index in [-0.39, 0.29) is 0 Å². The zero-order valence-electron chi connectivity index (χ0n) is 10.7. The second kappa shape index (κ2) is 4.53. The molecule has 2 aromatic heterocycles. The zero-order valence-corrected chi connectivity index (χ0v) is 10.7. The van der Waals surface area contributed by atoms with Crippen molar-refractivity contribution in [2.45, 2.75) is 13.3 Å². The number of hydrogen-bond acceptors (Lipinski definition) is 4. The van der Waals surface area contributed by atoms with Crippen LogP contribution in [-0.2, 0) is 13.5 Å². The Labute approximate surface area is 101 Å². The molecule has 2 heterocycles. The Morgan fingerprint density at radius 2 is 2.06 bits per heavy atom. The topological polar surface area (TPSA) is 46.8 Å². The number of pyridine rings is 1. The van der Waals surface area contributed by atoms with Crippen molar-refractivity contribution in [1.29, 1.82) is 0 Å². The maximum Gasteiger partial charge on any atom is 0.159 e. The Morgan fingerprint density at radius 3 is 2.53 bits per heavy atom. The Morgan fingerprint density at radius 1 is 1.29 bits per heavy atom. The lowest BCUT2D eigenvalue weighted by Crippen LogP contribution is -2.10. The molecule has 0 bridgehead atoms. The molecule has 0 aliphatic heterocycles. The lowest BCUT2D eigenvalue weighted by Gasteiger charge is -2.10. The second-order valence-corrected chi connectivity index (χ2v) is 4.13. The number of rotatable bonds is 3. The summed E-state index contributed by atoms with van der Waals surface area (Å²) in [6, 6.07) is 4.00. The van der Waals surface area contributed by atoms with Gasteiger partial charge in [0.25, 0.3) is 0 Å². The summed E-state index contributed by atoms with van der Waals surface area (Å²) in [7, 11) is 5.85. The Bertz CT molecular complexity index is 498. The van der Waals surface area contributed by atoms with Crippen molar-refractivity contribution in [3.8, 4) is 11.4 Å². The molecule has 0 saturated heterocycles. The number of hydrogen-bond donors (Lipinski definition) is 0. The van der Waals surface area contributed by atoms with Gasteiger partial charge in [0.1, 0.15) is 5.82 Å². The van der Waals surface area contributed by atoms with Crippen molar-refractivity contribution in [2.75, 3.05) is 19.0 Å². The molecule has 0 saturated carbocycles. The largest absolute Gasteiger partial charge is 0.363 e.